The predicted molar refractivity (Wildman–Crippen MR) is 73.9 cm³/mol. The Labute approximate surface area is 120 Å². The van der Waals surface area contributed by atoms with E-state index >= 15 is 0 Å². The lowest BCUT2D eigenvalue weighted by Crippen LogP contribution is -2.41. The molecule has 3 amide bonds. The molecule has 1 aliphatic rings. The normalized spacial score (nSPS) is 24.7. The molecule has 0 aliphatic carbocycles. The van der Waals surface area contributed by atoms with Crippen LogP contribution in [-0.2, 0) is 10.3 Å². The van der Waals surface area contributed by atoms with E-state index in [1.54, 1.807) is 19.1 Å². The first-order chi connectivity index (χ1) is 9.02. The van der Waals surface area contributed by atoms with Gasteiger partial charge < -0.3 is 9.73 Å². The summed E-state index contributed by atoms with van der Waals surface area (Å²) in [6.07, 6.45) is 2.40. The molecule has 1 saturated heterocycles. The Morgan fingerprint density at radius 3 is 2.79 bits per heavy atom. The number of nitrogens with one attached hydrogen (secondary N) is 1. The summed E-state index contributed by atoms with van der Waals surface area (Å²) in [7, 11) is 0. The van der Waals surface area contributed by atoms with Gasteiger partial charge in [-0.3, -0.25) is 9.69 Å². The number of rotatable bonds is 5. The molecule has 2 unspecified atom stereocenters. The summed E-state index contributed by atoms with van der Waals surface area (Å²) < 4.78 is 5.27. The summed E-state index contributed by atoms with van der Waals surface area (Å²) in [5.41, 5.74) is -1.09. The van der Waals surface area contributed by atoms with Crippen LogP contribution in [0.2, 0.25) is 0 Å². The number of imide groups is 1. The van der Waals surface area contributed by atoms with E-state index in [-0.39, 0.29) is 17.9 Å². The first-order valence-corrected chi connectivity index (χ1v) is 7.39. The minimum atomic E-state index is -1.09. The Morgan fingerprint density at radius 2 is 2.26 bits per heavy atom. The van der Waals surface area contributed by atoms with Crippen LogP contribution in [0.15, 0.2) is 22.8 Å². The van der Waals surface area contributed by atoms with Gasteiger partial charge in [-0.2, -0.15) is 0 Å². The number of carbonyl (C=O) groups excluding carboxylic acids is 2. The molecule has 2 rings (SSSR count). The van der Waals surface area contributed by atoms with Gasteiger partial charge in [-0.15, -0.1) is 0 Å². The number of hydrogen-bond acceptors (Lipinski definition) is 3. The van der Waals surface area contributed by atoms with Gasteiger partial charge in [0, 0.05) is 11.9 Å². The van der Waals surface area contributed by atoms with E-state index < -0.39 is 5.54 Å². The summed E-state index contributed by atoms with van der Waals surface area (Å²) in [5.74, 6) is 0.459. The minimum absolute atomic E-state index is 0.258. The van der Waals surface area contributed by atoms with Crippen molar-refractivity contribution in [2.75, 3.05) is 11.9 Å². The van der Waals surface area contributed by atoms with E-state index in [1.165, 1.54) is 11.2 Å². The highest BCUT2D eigenvalue weighted by Gasteiger charge is 2.51. The van der Waals surface area contributed by atoms with Gasteiger partial charge in [-0.25, -0.2) is 4.79 Å². The second kappa shape index (κ2) is 5.36. The van der Waals surface area contributed by atoms with Crippen LogP contribution in [0, 0.1) is 5.92 Å². The van der Waals surface area contributed by atoms with E-state index in [4.69, 9.17) is 4.42 Å². The molecular weight excluding hydrogens is 312 g/mol. The molecule has 0 saturated carbocycles. The first-order valence-electron chi connectivity index (χ1n) is 6.27. The molecule has 0 spiro atoms. The first kappa shape index (κ1) is 14.1. The Morgan fingerprint density at radius 1 is 1.53 bits per heavy atom. The standard InChI is InChI=1S/C13H17BrN2O3/c1-3-9(7-14)8-16-11(17)13(2,15-12(16)18)10-5-4-6-19-10/h4-6,9H,3,7-8H2,1-2H3,(H,15,18). The lowest BCUT2D eigenvalue weighted by atomic mass is 9.99. The number of carbonyl (C=O) groups is 2. The van der Waals surface area contributed by atoms with Crippen molar-refractivity contribution in [2.24, 2.45) is 5.92 Å². The third kappa shape index (κ3) is 2.41. The average Bonchev–Trinajstić information content (AvgIpc) is 2.99. The largest absolute Gasteiger partial charge is 0.466 e. The van der Waals surface area contributed by atoms with Crippen LogP contribution in [0.4, 0.5) is 4.79 Å². The van der Waals surface area contributed by atoms with Crippen LogP contribution in [0.3, 0.4) is 0 Å². The summed E-state index contributed by atoms with van der Waals surface area (Å²) in [4.78, 5) is 25.7. The van der Waals surface area contributed by atoms with Gasteiger partial charge in [0.25, 0.3) is 5.91 Å². The fourth-order valence-electron chi connectivity index (χ4n) is 2.14. The zero-order valence-electron chi connectivity index (χ0n) is 11.0. The van der Waals surface area contributed by atoms with Gasteiger partial charge in [0.1, 0.15) is 5.76 Å². The van der Waals surface area contributed by atoms with Gasteiger partial charge in [0.05, 0.1) is 6.26 Å². The third-order valence-corrected chi connectivity index (χ3v) is 4.44. The molecule has 19 heavy (non-hydrogen) atoms. The Balaban J connectivity index is 2.21. The molecule has 104 valence electrons. The monoisotopic (exact) mass is 328 g/mol. The second-order valence-corrected chi connectivity index (χ2v) is 5.52. The van der Waals surface area contributed by atoms with Crippen LogP contribution in [-0.4, -0.2) is 28.7 Å². The molecule has 0 aromatic carbocycles. The van der Waals surface area contributed by atoms with Crippen molar-refractivity contribution >= 4 is 27.9 Å². The minimum Gasteiger partial charge on any atom is -0.466 e. The zero-order valence-corrected chi connectivity index (χ0v) is 12.6. The van der Waals surface area contributed by atoms with E-state index in [9.17, 15) is 9.59 Å². The summed E-state index contributed by atoms with van der Waals surface area (Å²) in [6, 6.07) is 3.04. The smallest absolute Gasteiger partial charge is 0.325 e. The number of furan rings is 1. The Hall–Kier alpha value is -1.30. The van der Waals surface area contributed by atoms with Gasteiger partial charge >= 0.3 is 6.03 Å². The lowest BCUT2D eigenvalue weighted by molar-refractivity contribution is -0.132. The molecule has 0 radical (unpaired) electrons. The summed E-state index contributed by atoms with van der Waals surface area (Å²) >= 11 is 3.40. The molecule has 2 atom stereocenters. The van der Waals surface area contributed by atoms with Crippen molar-refractivity contribution < 1.29 is 14.0 Å². The van der Waals surface area contributed by atoms with E-state index in [0.717, 1.165) is 11.8 Å². The molecule has 1 fully saturated rings. The average molecular weight is 329 g/mol. The molecule has 1 N–H and O–H groups in total. The summed E-state index contributed by atoms with van der Waals surface area (Å²) in [6.45, 7) is 4.12. The van der Waals surface area contributed by atoms with Crippen molar-refractivity contribution in [1.29, 1.82) is 0 Å². The highest BCUT2D eigenvalue weighted by molar-refractivity contribution is 9.09. The maximum Gasteiger partial charge on any atom is 0.325 e. The van der Waals surface area contributed by atoms with Crippen LogP contribution in [0.1, 0.15) is 26.0 Å². The molecule has 1 aliphatic heterocycles. The fourth-order valence-corrected chi connectivity index (χ4v) is 2.80. The summed E-state index contributed by atoms with van der Waals surface area (Å²) in [5, 5.41) is 3.48. The number of alkyl halides is 1. The third-order valence-electron chi connectivity index (χ3n) is 3.53. The number of hydrogen-bond donors (Lipinski definition) is 1. The number of amides is 3. The molecule has 2 heterocycles. The van der Waals surface area contributed by atoms with Crippen LogP contribution < -0.4 is 5.32 Å². The highest BCUT2D eigenvalue weighted by Crippen LogP contribution is 2.29. The van der Waals surface area contributed by atoms with E-state index in [2.05, 4.69) is 21.2 Å². The van der Waals surface area contributed by atoms with Crippen LogP contribution in [0.5, 0.6) is 0 Å². The van der Waals surface area contributed by atoms with E-state index in [0.29, 0.717) is 12.3 Å². The van der Waals surface area contributed by atoms with Gasteiger partial charge in [-0.05, 0) is 25.0 Å². The van der Waals surface area contributed by atoms with Crippen LogP contribution in [0.25, 0.3) is 0 Å². The van der Waals surface area contributed by atoms with Gasteiger partial charge in [-0.1, -0.05) is 29.3 Å². The molecule has 1 aromatic rings. The highest BCUT2D eigenvalue weighted by atomic mass is 79.9. The van der Waals surface area contributed by atoms with Crippen molar-refractivity contribution in [3.8, 4) is 0 Å². The van der Waals surface area contributed by atoms with Gasteiger partial charge in [0.15, 0.2) is 5.54 Å². The molecule has 1 aromatic heterocycles. The van der Waals surface area contributed by atoms with Crippen molar-refractivity contribution in [3.63, 3.8) is 0 Å². The predicted octanol–water partition coefficient (Wildman–Crippen LogP) is 2.47. The van der Waals surface area contributed by atoms with Crippen molar-refractivity contribution in [3.05, 3.63) is 24.2 Å². The zero-order chi connectivity index (χ0) is 14.0. The van der Waals surface area contributed by atoms with Crippen molar-refractivity contribution in [1.82, 2.24) is 10.2 Å². The van der Waals surface area contributed by atoms with Crippen LogP contribution >= 0.6 is 15.9 Å². The van der Waals surface area contributed by atoms with E-state index in [1.807, 2.05) is 6.92 Å². The number of nitrogens with zero attached hydrogens (tertiary/aromatic N) is 1. The Bertz CT molecular complexity index is 470. The maximum atomic E-state index is 12.5. The maximum absolute atomic E-state index is 12.5. The molecular formula is C13H17BrN2O3. The molecule has 0 bridgehead atoms. The lowest BCUT2D eigenvalue weighted by Gasteiger charge is -2.21. The van der Waals surface area contributed by atoms with Gasteiger partial charge in [0.2, 0.25) is 0 Å². The quantitative estimate of drug-likeness (QED) is 0.667. The number of urea groups is 1. The van der Waals surface area contributed by atoms with Crippen molar-refractivity contribution in [2.45, 2.75) is 25.8 Å². The number of halogens is 1. The second-order valence-electron chi connectivity index (χ2n) is 4.88. The Kier molecular flexibility index (Phi) is 3.99. The molecule has 6 heteroatoms. The topological polar surface area (TPSA) is 62.6 Å². The molecule has 5 nitrogen and oxygen atoms in total. The SMILES string of the molecule is CCC(CBr)CN1C(=O)NC(C)(c2ccco2)C1=O. The fraction of sp³-hybridized carbons (Fsp3) is 0.538.